The molecule has 3 rings (SSSR count). The SMILES string of the molecule is CNC(C)c1nnc(-c2ccc3ccccc3n2)o1. The lowest BCUT2D eigenvalue weighted by molar-refractivity contribution is 0.440. The van der Waals surface area contributed by atoms with Gasteiger partial charge in [-0.05, 0) is 26.1 Å². The molecule has 5 nitrogen and oxygen atoms in total. The molecule has 0 bridgehead atoms. The Morgan fingerprint density at radius 3 is 2.79 bits per heavy atom. The van der Waals surface area contributed by atoms with E-state index in [9.17, 15) is 0 Å². The first kappa shape index (κ1) is 11.8. The van der Waals surface area contributed by atoms with Crippen molar-refractivity contribution in [1.29, 1.82) is 0 Å². The van der Waals surface area contributed by atoms with E-state index in [4.69, 9.17) is 4.42 Å². The van der Waals surface area contributed by atoms with E-state index >= 15 is 0 Å². The number of hydrogen-bond donors (Lipinski definition) is 1. The molecule has 0 fully saturated rings. The van der Waals surface area contributed by atoms with E-state index in [0.717, 1.165) is 10.9 Å². The van der Waals surface area contributed by atoms with Gasteiger partial charge in [0.05, 0.1) is 11.6 Å². The highest BCUT2D eigenvalue weighted by Gasteiger charge is 2.14. The maximum absolute atomic E-state index is 5.62. The third kappa shape index (κ3) is 2.20. The van der Waals surface area contributed by atoms with Crippen LogP contribution >= 0.6 is 0 Å². The van der Waals surface area contributed by atoms with Crippen LogP contribution in [0.4, 0.5) is 0 Å². The molecule has 3 aromatic rings. The van der Waals surface area contributed by atoms with Crippen molar-refractivity contribution in [2.75, 3.05) is 7.05 Å². The predicted molar refractivity (Wildman–Crippen MR) is 72.5 cm³/mol. The highest BCUT2D eigenvalue weighted by Crippen LogP contribution is 2.21. The van der Waals surface area contributed by atoms with Gasteiger partial charge >= 0.3 is 0 Å². The summed E-state index contributed by atoms with van der Waals surface area (Å²) in [5, 5.41) is 12.2. The van der Waals surface area contributed by atoms with Crippen molar-refractivity contribution in [2.45, 2.75) is 13.0 Å². The molecule has 19 heavy (non-hydrogen) atoms. The van der Waals surface area contributed by atoms with Gasteiger partial charge < -0.3 is 9.73 Å². The number of fused-ring (bicyclic) bond motifs is 1. The third-order valence-corrected chi connectivity index (χ3v) is 3.06. The molecule has 5 heteroatoms. The summed E-state index contributed by atoms with van der Waals surface area (Å²) in [5.41, 5.74) is 1.61. The van der Waals surface area contributed by atoms with E-state index in [-0.39, 0.29) is 6.04 Å². The molecule has 0 aliphatic carbocycles. The van der Waals surface area contributed by atoms with E-state index in [1.807, 2.05) is 50.4 Å². The molecular formula is C14H14N4O. The second-order valence-electron chi connectivity index (χ2n) is 4.35. The summed E-state index contributed by atoms with van der Waals surface area (Å²) in [4.78, 5) is 4.53. The number of benzene rings is 1. The quantitative estimate of drug-likeness (QED) is 0.778. The molecule has 0 spiro atoms. The Labute approximate surface area is 110 Å². The van der Waals surface area contributed by atoms with Crippen LogP contribution in [0.25, 0.3) is 22.5 Å². The van der Waals surface area contributed by atoms with Crippen LogP contribution in [0, 0.1) is 0 Å². The Hall–Kier alpha value is -2.27. The van der Waals surface area contributed by atoms with Crippen LogP contribution in [0.15, 0.2) is 40.8 Å². The summed E-state index contributed by atoms with van der Waals surface area (Å²) in [6, 6.07) is 11.9. The molecule has 1 unspecified atom stereocenters. The van der Waals surface area contributed by atoms with Gasteiger partial charge in [0.25, 0.3) is 5.89 Å². The molecular weight excluding hydrogens is 240 g/mol. The number of aromatic nitrogens is 3. The molecule has 2 aromatic heterocycles. The lowest BCUT2D eigenvalue weighted by atomic mass is 10.2. The smallest absolute Gasteiger partial charge is 0.266 e. The molecule has 1 atom stereocenters. The van der Waals surface area contributed by atoms with Gasteiger partial charge in [0, 0.05) is 5.39 Å². The maximum atomic E-state index is 5.62. The largest absolute Gasteiger partial charge is 0.418 e. The van der Waals surface area contributed by atoms with Gasteiger partial charge in [-0.3, -0.25) is 0 Å². The normalized spacial score (nSPS) is 12.7. The lowest BCUT2D eigenvalue weighted by Gasteiger charge is -2.02. The number of nitrogens with one attached hydrogen (secondary N) is 1. The summed E-state index contributed by atoms with van der Waals surface area (Å²) < 4.78 is 5.62. The minimum atomic E-state index is 0.0294. The first-order valence-corrected chi connectivity index (χ1v) is 6.15. The van der Waals surface area contributed by atoms with Crippen LogP contribution < -0.4 is 5.32 Å². The zero-order valence-electron chi connectivity index (χ0n) is 10.8. The van der Waals surface area contributed by atoms with Crippen molar-refractivity contribution in [3.05, 3.63) is 42.3 Å². The van der Waals surface area contributed by atoms with Gasteiger partial charge in [-0.25, -0.2) is 4.98 Å². The summed E-state index contributed by atoms with van der Waals surface area (Å²) in [6.07, 6.45) is 0. The monoisotopic (exact) mass is 254 g/mol. The van der Waals surface area contributed by atoms with Crippen LogP contribution in [0.5, 0.6) is 0 Å². The zero-order valence-corrected chi connectivity index (χ0v) is 10.8. The number of rotatable bonds is 3. The van der Waals surface area contributed by atoms with Gasteiger partial charge in [-0.15, -0.1) is 10.2 Å². The van der Waals surface area contributed by atoms with Gasteiger partial charge in [0.1, 0.15) is 5.69 Å². The molecule has 0 amide bonds. The molecule has 2 heterocycles. The van der Waals surface area contributed by atoms with Gasteiger partial charge in [0.2, 0.25) is 5.89 Å². The average molecular weight is 254 g/mol. The van der Waals surface area contributed by atoms with Crippen LogP contribution in [-0.2, 0) is 0 Å². The second-order valence-corrected chi connectivity index (χ2v) is 4.35. The summed E-state index contributed by atoms with van der Waals surface area (Å²) in [6.45, 7) is 1.96. The van der Waals surface area contributed by atoms with Crippen molar-refractivity contribution in [3.63, 3.8) is 0 Å². The number of para-hydroxylation sites is 1. The number of hydrogen-bond acceptors (Lipinski definition) is 5. The molecule has 0 saturated carbocycles. The fourth-order valence-electron chi connectivity index (χ4n) is 1.82. The van der Waals surface area contributed by atoms with Crippen LogP contribution in [0.2, 0.25) is 0 Å². The number of pyridine rings is 1. The zero-order chi connectivity index (χ0) is 13.2. The Bertz CT molecular complexity index is 707. The van der Waals surface area contributed by atoms with E-state index in [2.05, 4.69) is 20.5 Å². The minimum Gasteiger partial charge on any atom is -0.418 e. The van der Waals surface area contributed by atoms with Crippen LogP contribution in [0.3, 0.4) is 0 Å². The average Bonchev–Trinajstić information content (AvgIpc) is 2.95. The first-order valence-electron chi connectivity index (χ1n) is 6.15. The van der Waals surface area contributed by atoms with Gasteiger partial charge in [-0.2, -0.15) is 0 Å². The predicted octanol–water partition coefficient (Wildman–Crippen LogP) is 2.57. The molecule has 0 aliphatic rings. The maximum Gasteiger partial charge on any atom is 0.266 e. The van der Waals surface area contributed by atoms with Crippen LogP contribution in [0.1, 0.15) is 18.9 Å². The van der Waals surface area contributed by atoms with Crippen molar-refractivity contribution in [2.24, 2.45) is 0 Å². The Kier molecular flexibility index (Phi) is 2.97. The Balaban J connectivity index is 2.01. The van der Waals surface area contributed by atoms with Gasteiger partial charge in [-0.1, -0.05) is 24.3 Å². The summed E-state index contributed by atoms with van der Waals surface area (Å²) >= 11 is 0. The van der Waals surface area contributed by atoms with E-state index in [1.165, 1.54) is 0 Å². The fraction of sp³-hybridized carbons (Fsp3) is 0.214. The summed E-state index contributed by atoms with van der Waals surface area (Å²) in [7, 11) is 1.85. The second kappa shape index (κ2) is 4.78. The molecule has 0 saturated heterocycles. The third-order valence-electron chi connectivity index (χ3n) is 3.06. The summed E-state index contributed by atoms with van der Waals surface area (Å²) in [5.74, 6) is 1.01. The fourth-order valence-corrected chi connectivity index (χ4v) is 1.82. The molecule has 0 radical (unpaired) electrons. The van der Waals surface area contributed by atoms with Crippen molar-refractivity contribution >= 4 is 10.9 Å². The Morgan fingerprint density at radius 1 is 1.11 bits per heavy atom. The van der Waals surface area contributed by atoms with E-state index in [1.54, 1.807) is 0 Å². The highest BCUT2D eigenvalue weighted by molar-refractivity contribution is 5.80. The standard InChI is InChI=1S/C14H14N4O/c1-9(15-2)13-17-18-14(19-13)12-8-7-10-5-3-4-6-11(10)16-12/h3-9,15H,1-2H3. The molecule has 0 aliphatic heterocycles. The van der Waals surface area contributed by atoms with Crippen LogP contribution in [-0.4, -0.2) is 22.2 Å². The lowest BCUT2D eigenvalue weighted by Crippen LogP contribution is -2.12. The van der Waals surface area contributed by atoms with Crippen molar-refractivity contribution in [1.82, 2.24) is 20.5 Å². The molecule has 1 N–H and O–H groups in total. The van der Waals surface area contributed by atoms with Crippen molar-refractivity contribution < 1.29 is 4.42 Å². The topological polar surface area (TPSA) is 63.8 Å². The van der Waals surface area contributed by atoms with E-state index in [0.29, 0.717) is 17.5 Å². The highest BCUT2D eigenvalue weighted by atomic mass is 16.4. The van der Waals surface area contributed by atoms with Gasteiger partial charge in [0.15, 0.2) is 0 Å². The Morgan fingerprint density at radius 2 is 1.95 bits per heavy atom. The van der Waals surface area contributed by atoms with Crippen molar-refractivity contribution in [3.8, 4) is 11.6 Å². The van der Waals surface area contributed by atoms with E-state index < -0.39 is 0 Å². The minimum absolute atomic E-state index is 0.0294. The molecule has 96 valence electrons. The first-order chi connectivity index (χ1) is 9.28. The molecule has 1 aromatic carbocycles. The number of nitrogens with zero attached hydrogens (tertiary/aromatic N) is 3.